The predicted octanol–water partition coefficient (Wildman–Crippen LogP) is 3.42. The van der Waals surface area contributed by atoms with Crippen molar-refractivity contribution in [3.63, 3.8) is 0 Å². The molecule has 1 aromatic carbocycles. The summed E-state index contributed by atoms with van der Waals surface area (Å²) in [7, 11) is 0. The highest BCUT2D eigenvalue weighted by molar-refractivity contribution is 7.15. The molecular formula is C14H15NOS. The molecule has 1 aliphatic carbocycles. The van der Waals surface area contributed by atoms with Crippen molar-refractivity contribution in [2.24, 2.45) is 5.73 Å². The Balaban J connectivity index is 1.78. The zero-order chi connectivity index (χ0) is 11.7. The van der Waals surface area contributed by atoms with Gasteiger partial charge in [0.05, 0.1) is 6.10 Å². The van der Waals surface area contributed by atoms with Gasteiger partial charge in [0.1, 0.15) is 5.75 Å². The summed E-state index contributed by atoms with van der Waals surface area (Å²) >= 11 is 1.75. The molecular weight excluding hydrogens is 230 g/mol. The van der Waals surface area contributed by atoms with E-state index in [0.29, 0.717) is 12.6 Å². The molecule has 0 unspecified atom stereocenters. The maximum atomic E-state index is 5.73. The minimum Gasteiger partial charge on any atom is -0.490 e. The van der Waals surface area contributed by atoms with Crippen LogP contribution in [-0.2, 0) is 6.54 Å². The lowest BCUT2D eigenvalue weighted by Crippen LogP contribution is -1.94. The monoisotopic (exact) mass is 245 g/mol. The van der Waals surface area contributed by atoms with Crippen molar-refractivity contribution < 1.29 is 4.74 Å². The van der Waals surface area contributed by atoms with Gasteiger partial charge in [-0.2, -0.15) is 0 Å². The van der Waals surface area contributed by atoms with E-state index in [4.69, 9.17) is 10.5 Å². The number of nitrogens with two attached hydrogens (primary N) is 1. The molecule has 88 valence electrons. The third kappa shape index (κ3) is 2.51. The molecule has 3 heteroatoms. The van der Waals surface area contributed by atoms with Gasteiger partial charge < -0.3 is 10.5 Å². The average molecular weight is 245 g/mol. The van der Waals surface area contributed by atoms with Crippen LogP contribution in [0.4, 0.5) is 0 Å². The van der Waals surface area contributed by atoms with Crippen molar-refractivity contribution >= 4 is 11.3 Å². The van der Waals surface area contributed by atoms with E-state index in [0.717, 1.165) is 5.75 Å². The van der Waals surface area contributed by atoms with Crippen molar-refractivity contribution in [1.29, 1.82) is 0 Å². The number of ether oxygens (including phenoxy) is 1. The first-order valence-corrected chi connectivity index (χ1v) is 6.72. The summed E-state index contributed by atoms with van der Waals surface area (Å²) in [5.41, 5.74) is 6.85. The zero-order valence-corrected chi connectivity index (χ0v) is 10.4. The van der Waals surface area contributed by atoms with Crippen LogP contribution in [0.5, 0.6) is 5.75 Å². The highest BCUT2D eigenvalue weighted by Crippen LogP contribution is 2.31. The van der Waals surface area contributed by atoms with E-state index in [1.165, 1.54) is 28.2 Å². The molecule has 1 saturated carbocycles. The van der Waals surface area contributed by atoms with Gasteiger partial charge in [0.2, 0.25) is 0 Å². The lowest BCUT2D eigenvalue weighted by molar-refractivity contribution is 0.303. The Morgan fingerprint density at radius 2 is 1.88 bits per heavy atom. The van der Waals surface area contributed by atoms with E-state index < -0.39 is 0 Å². The van der Waals surface area contributed by atoms with Crippen LogP contribution < -0.4 is 10.5 Å². The minimum atomic E-state index is 0.464. The lowest BCUT2D eigenvalue weighted by atomic mass is 10.2. The molecule has 1 aliphatic rings. The smallest absolute Gasteiger partial charge is 0.119 e. The third-order valence-corrected chi connectivity index (χ3v) is 3.99. The van der Waals surface area contributed by atoms with Crippen LogP contribution in [0.15, 0.2) is 36.4 Å². The zero-order valence-electron chi connectivity index (χ0n) is 9.56. The van der Waals surface area contributed by atoms with Crippen molar-refractivity contribution in [2.75, 3.05) is 0 Å². The van der Waals surface area contributed by atoms with Crippen LogP contribution in [0.25, 0.3) is 10.4 Å². The van der Waals surface area contributed by atoms with Gasteiger partial charge in [0.15, 0.2) is 0 Å². The van der Waals surface area contributed by atoms with Gasteiger partial charge in [-0.15, -0.1) is 11.3 Å². The molecule has 0 spiro atoms. The van der Waals surface area contributed by atoms with Gasteiger partial charge in [-0.05, 0) is 54.8 Å². The second-order valence-electron chi connectivity index (χ2n) is 4.31. The van der Waals surface area contributed by atoms with Crippen LogP contribution in [0.1, 0.15) is 17.7 Å². The van der Waals surface area contributed by atoms with Gasteiger partial charge in [-0.3, -0.25) is 0 Å². The standard InChI is InChI=1S/C14H15NOS/c15-9-13-7-8-14(17-13)10-1-3-11(4-2-10)16-12-5-6-12/h1-4,7-8,12H,5-6,9,15H2. The highest BCUT2D eigenvalue weighted by atomic mass is 32.1. The van der Waals surface area contributed by atoms with E-state index in [1.807, 2.05) is 0 Å². The number of hydrogen-bond acceptors (Lipinski definition) is 3. The Labute approximate surface area is 105 Å². The fourth-order valence-corrected chi connectivity index (χ4v) is 2.61. The first kappa shape index (κ1) is 10.8. The van der Waals surface area contributed by atoms with E-state index in [2.05, 4.69) is 36.4 Å². The van der Waals surface area contributed by atoms with Crippen molar-refractivity contribution in [3.05, 3.63) is 41.3 Å². The Bertz CT molecular complexity index is 499. The predicted molar refractivity (Wildman–Crippen MR) is 71.3 cm³/mol. The van der Waals surface area contributed by atoms with Crippen molar-refractivity contribution in [1.82, 2.24) is 0 Å². The summed E-state index contributed by atoms with van der Waals surface area (Å²) in [4.78, 5) is 2.49. The Kier molecular flexibility index (Phi) is 2.87. The van der Waals surface area contributed by atoms with Crippen LogP contribution in [0.2, 0.25) is 0 Å². The molecule has 2 aromatic rings. The molecule has 17 heavy (non-hydrogen) atoms. The van der Waals surface area contributed by atoms with E-state index in [-0.39, 0.29) is 0 Å². The molecule has 0 bridgehead atoms. The number of benzene rings is 1. The SMILES string of the molecule is NCc1ccc(-c2ccc(OC3CC3)cc2)s1. The summed E-state index contributed by atoms with van der Waals surface area (Å²) in [6, 6.07) is 12.6. The van der Waals surface area contributed by atoms with Crippen LogP contribution in [0.3, 0.4) is 0 Å². The normalized spacial score (nSPS) is 14.9. The van der Waals surface area contributed by atoms with Gasteiger partial charge in [-0.1, -0.05) is 0 Å². The molecule has 0 aliphatic heterocycles. The maximum Gasteiger partial charge on any atom is 0.119 e. The summed E-state index contributed by atoms with van der Waals surface area (Å²) in [6.45, 7) is 0.619. The number of thiophene rings is 1. The fraction of sp³-hybridized carbons (Fsp3) is 0.286. The summed E-state index contributed by atoms with van der Waals surface area (Å²) in [5.74, 6) is 0.979. The summed E-state index contributed by atoms with van der Waals surface area (Å²) < 4.78 is 5.73. The van der Waals surface area contributed by atoms with E-state index >= 15 is 0 Å². The first-order chi connectivity index (χ1) is 8.35. The quantitative estimate of drug-likeness (QED) is 0.895. The molecule has 2 N–H and O–H groups in total. The maximum absolute atomic E-state index is 5.73. The van der Waals surface area contributed by atoms with Crippen LogP contribution in [-0.4, -0.2) is 6.10 Å². The van der Waals surface area contributed by atoms with Gasteiger partial charge in [0, 0.05) is 16.3 Å². The van der Waals surface area contributed by atoms with Gasteiger partial charge in [-0.25, -0.2) is 0 Å². The van der Waals surface area contributed by atoms with Gasteiger partial charge >= 0.3 is 0 Å². The topological polar surface area (TPSA) is 35.2 Å². The third-order valence-electron chi connectivity index (χ3n) is 2.83. The lowest BCUT2D eigenvalue weighted by Gasteiger charge is -2.04. The molecule has 0 radical (unpaired) electrons. The highest BCUT2D eigenvalue weighted by Gasteiger charge is 2.23. The Hall–Kier alpha value is -1.32. The Morgan fingerprint density at radius 3 is 2.47 bits per heavy atom. The molecule has 3 rings (SSSR count). The molecule has 1 aromatic heterocycles. The summed E-state index contributed by atoms with van der Waals surface area (Å²) in [5, 5.41) is 0. The fourth-order valence-electron chi connectivity index (χ4n) is 1.72. The van der Waals surface area contributed by atoms with Crippen molar-refractivity contribution in [2.45, 2.75) is 25.5 Å². The van der Waals surface area contributed by atoms with E-state index in [9.17, 15) is 0 Å². The van der Waals surface area contributed by atoms with Crippen molar-refractivity contribution in [3.8, 4) is 16.2 Å². The second kappa shape index (κ2) is 4.51. The van der Waals surface area contributed by atoms with Crippen LogP contribution in [0, 0.1) is 0 Å². The molecule has 1 heterocycles. The largest absolute Gasteiger partial charge is 0.490 e. The Morgan fingerprint density at radius 1 is 1.12 bits per heavy atom. The first-order valence-electron chi connectivity index (χ1n) is 5.91. The minimum absolute atomic E-state index is 0.464. The summed E-state index contributed by atoms with van der Waals surface area (Å²) in [6.07, 6.45) is 2.87. The molecule has 2 nitrogen and oxygen atoms in total. The molecule has 0 amide bonds. The molecule has 1 fully saturated rings. The average Bonchev–Trinajstić information content (AvgIpc) is 3.05. The molecule has 0 atom stereocenters. The molecule has 0 saturated heterocycles. The number of hydrogen-bond donors (Lipinski definition) is 1. The second-order valence-corrected chi connectivity index (χ2v) is 5.48. The number of rotatable bonds is 4. The van der Waals surface area contributed by atoms with Gasteiger partial charge in [0.25, 0.3) is 0 Å². The van der Waals surface area contributed by atoms with Crippen LogP contribution >= 0.6 is 11.3 Å². The van der Waals surface area contributed by atoms with E-state index in [1.54, 1.807) is 11.3 Å².